The lowest BCUT2D eigenvalue weighted by molar-refractivity contribution is 0.0342. The molecule has 3 nitrogen and oxygen atoms in total. The fraction of sp³-hybridized carbons (Fsp3) is 0.600. The van der Waals surface area contributed by atoms with Gasteiger partial charge in [-0.15, -0.1) is 0 Å². The van der Waals surface area contributed by atoms with Crippen molar-refractivity contribution in [2.75, 3.05) is 39.4 Å². The molecule has 0 spiro atoms. The lowest BCUT2D eigenvalue weighted by atomic mass is 9.97. The second-order valence-electron chi connectivity index (χ2n) is 5.32. The molecule has 0 bridgehead atoms. The third-order valence-corrected chi connectivity index (χ3v) is 4.02. The first-order valence-electron chi connectivity index (χ1n) is 7.01. The molecule has 0 radical (unpaired) electrons. The molecule has 1 N–H and O–H groups in total. The van der Waals surface area contributed by atoms with Gasteiger partial charge in [0.2, 0.25) is 0 Å². The first-order chi connectivity index (χ1) is 8.92. The van der Waals surface area contributed by atoms with Crippen molar-refractivity contribution in [1.82, 2.24) is 10.2 Å². The molecule has 3 rings (SSSR count). The summed E-state index contributed by atoms with van der Waals surface area (Å²) in [6.45, 7) is 7.26. The molecule has 1 aromatic rings. The summed E-state index contributed by atoms with van der Waals surface area (Å²) in [4.78, 5) is 2.47. The minimum Gasteiger partial charge on any atom is -0.379 e. The second kappa shape index (κ2) is 5.83. The zero-order chi connectivity index (χ0) is 12.2. The van der Waals surface area contributed by atoms with Crippen molar-refractivity contribution in [2.24, 2.45) is 0 Å². The maximum Gasteiger partial charge on any atom is 0.0594 e. The van der Waals surface area contributed by atoms with E-state index in [0.29, 0.717) is 0 Å². The van der Waals surface area contributed by atoms with Crippen LogP contribution in [0.2, 0.25) is 0 Å². The number of benzene rings is 1. The molecule has 1 atom stereocenters. The molecule has 2 aliphatic heterocycles. The molecule has 18 heavy (non-hydrogen) atoms. The SMILES string of the molecule is c1cc(C2CCNC2)ccc1CN1CCOCC1. The molecule has 2 heterocycles. The number of hydrogen-bond donors (Lipinski definition) is 1. The smallest absolute Gasteiger partial charge is 0.0594 e. The van der Waals surface area contributed by atoms with Crippen molar-refractivity contribution >= 4 is 0 Å². The second-order valence-corrected chi connectivity index (χ2v) is 5.32. The van der Waals surface area contributed by atoms with E-state index in [1.165, 1.54) is 24.1 Å². The topological polar surface area (TPSA) is 24.5 Å². The van der Waals surface area contributed by atoms with E-state index in [4.69, 9.17) is 4.74 Å². The molecule has 0 amide bonds. The molecule has 2 saturated heterocycles. The predicted octanol–water partition coefficient (Wildman–Crippen LogP) is 1.60. The van der Waals surface area contributed by atoms with Crippen LogP contribution >= 0.6 is 0 Å². The van der Waals surface area contributed by atoms with Crippen LogP contribution in [0.4, 0.5) is 0 Å². The first-order valence-corrected chi connectivity index (χ1v) is 7.01. The van der Waals surface area contributed by atoms with Crippen LogP contribution in [0, 0.1) is 0 Å². The Morgan fingerprint density at radius 3 is 2.61 bits per heavy atom. The Bertz CT molecular complexity index is 365. The van der Waals surface area contributed by atoms with Crippen LogP contribution in [0.1, 0.15) is 23.5 Å². The Kier molecular flexibility index (Phi) is 3.93. The van der Waals surface area contributed by atoms with Gasteiger partial charge in [0, 0.05) is 26.2 Å². The number of nitrogens with one attached hydrogen (secondary N) is 1. The maximum absolute atomic E-state index is 5.38. The van der Waals surface area contributed by atoms with Gasteiger partial charge in [0.15, 0.2) is 0 Å². The van der Waals surface area contributed by atoms with E-state index in [-0.39, 0.29) is 0 Å². The Labute approximate surface area is 109 Å². The maximum atomic E-state index is 5.38. The molecule has 2 fully saturated rings. The zero-order valence-corrected chi connectivity index (χ0v) is 10.9. The van der Waals surface area contributed by atoms with Crippen molar-refractivity contribution in [3.05, 3.63) is 35.4 Å². The lowest BCUT2D eigenvalue weighted by Gasteiger charge is -2.26. The van der Waals surface area contributed by atoms with Crippen molar-refractivity contribution in [3.63, 3.8) is 0 Å². The van der Waals surface area contributed by atoms with Gasteiger partial charge in [-0.3, -0.25) is 4.90 Å². The number of ether oxygens (including phenoxy) is 1. The van der Waals surface area contributed by atoms with E-state index < -0.39 is 0 Å². The Morgan fingerprint density at radius 2 is 1.94 bits per heavy atom. The summed E-state index contributed by atoms with van der Waals surface area (Å²) in [5, 5.41) is 3.43. The van der Waals surface area contributed by atoms with Gasteiger partial charge in [-0.2, -0.15) is 0 Å². The molecular weight excluding hydrogens is 224 g/mol. The molecule has 1 aromatic carbocycles. The highest BCUT2D eigenvalue weighted by molar-refractivity contribution is 5.26. The zero-order valence-electron chi connectivity index (χ0n) is 10.9. The predicted molar refractivity (Wildman–Crippen MR) is 72.8 cm³/mol. The van der Waals surface area contributed by atoms with Crippen LogP contribution in [0.25, 0.3) is 0 Å². The fourth-order valence-electron chi connectivity index (χ4n) is 2.85. The molecule has 0 aromatic heterocycles. The number of nitrogens with zero attached hydrogens (tertiary/aromatic N) is 1. The van der Waals surface area contributed by atoms with E-state index in [1.54, 1.807) is 0 Å². The van der Waals surface area contributed by atoms with Crippen molar-refractivity contribution < 1.29 is 4.74 Å². The van der Waals surface area contributed by atoms with E-state index in [2.05, 4.69) is 34.5 Å². The normalized spacial score (nSPS) is 25.4. The quantitative estimate of drug-likeness (QED) is 0.876. The monoisotopic (exact) mass is 246 g/mol. The summed E-state index contributed by atoms with van der Waals surface area (Å²) in [6.07, 6.45) is 1.28. The highest BCUT2D eigenvalue weighted by atomic mass is 16.5. The summed E-state index contributed by atoms with van der Waals surface area (Å²) in [5.74, 6) is 0.724. The van der Waals surface area contributed by atoms with Crippen LogP contribution in [0.5, 0.6) is 0 Å². The van der Waals surface area contributed by atoms with Gasteiger partial charge >= 0.3 is 0 Å². The molecule has 3 heteroatoms. The average Bonchev–Trinajstić information content (AvgIpc) is 2.95. The van der Waals surface area contributed by atoms with Gasteiger partial charge in [0.25, 0.3) is 0 Å². The molecule has 0 saturated carbocycles. The average molecular weight is 246 g/mol. The van der Waals surface area contributed by atoms with Gasteiger partial charge in [0.05, 0.1) is 13.2 Å². The van der Waals surface area contributed by atoms with E-state index >= 15 is 0 Å². The standard InChI is InChI=1S/C15H22N2O/c1-3-14(15-5-6-16-11-15)4-2-13(1)12-17-7-9-18-10-8-17/h1-4,15-16H,5-12H2. The molecule has 2 aliphatic rings. The van der Waals surface area contributed by atoms with Gasteiger partial charge < -0.3 is 10.1 Å². The van der Waals surface area contributed by atoms with Gasteiger partial charge in [-0.25, -0.2) is 0 Å². The van der Waals surface area contributed by atoms with E-state index in [0.717, 1.165) is 45.3 Å². The highest BCUT2D eigenvalue weighted by Crippen LogP contribution is 2.22. The van der Waals surface area contributed by atoms with E-state index in [1.807, 2.05) is 0 Å². The van der Waals surface area contributed by atoms with Gasteiger partial charge in [-0.05, 0) is 30.0 Å². The Balaban J connectivity index is 1.59. The largest absolute Gasteiger partial charge is 0.379 e. The van der Waals surface area contributed by atoms with Crippen LogP contribution in [-0.2, 0) is 11.3 Å². The summed E-state index contributed by atoms with van der Waals surface area (Å²) >= 11 is 0. The van der Waals surface area contributed by atoms with Gasteiger partial charge in [0.1, 0.15) is 0 Å². The molecular formula is C15H22N2O. The van der Waals surface area contributed by atoms with Crippen molar-refractivity contribution in [1.29, 1.82) is 0 Å². The van der Waals surface area contributed by atoms with Crippen LogP contribution in [-0.4, -0.2) is 44.3 Å². The van der Waals surface area contributed by atoms with Crippen molar-refractivity contribution in [3.8, 4) is 0 Å². The minimum absolute atomic E-state index is 0.724. The number of rotatable bonds is 3. The van der Waals surface area contributed by atoms with E-state index in [9.17, 15) is 0 Å². The number of hydrogen-bond acceptors (Lipinski definition) is 3. The molecule has 0 aliphatic carbocycles. The first kappa shape index (κ1) is 12.2. The third-order valence-electron chi connectivity index (χ3n) is 4.02. The van der Waals surface area contributed by atoms with Crippen LogP contribution < -0.4 is 5.32 Å². The number of morpholine rings is 1. The molecule has 1 unspecified atom stereocenters. The van der Waals surface area contributed by atoms with Crippen molar-refractivity contribution in [2.45, 2.75) is 18.9 Å². The minimum atomic E-state index is 0.724. The lowest BCUT2D eigenvalue weighted by Crippen LogP contribution is -2.35. The highest BCUT2D eigenvalue weighted by Gasteiger charge is 2.16. The van der Waals surface area contributed by atoms with Gasteiger partial charge in [-0.1, -0.05) is 24.3 Å². The summed E-state index contributed by atoms with van der Waals surface area (Å²) in [5.41, 5.74) is 2.91. The summed E-state index contributed by atoms with van der Waals surface area (Å²) in [7, 11) is 0. The summed E-state index contributed by atoms with van der Waals surface area (Å²) < 4.78 is 5.38. The third kappa shape index (κ3) is 2.91. The Morgan fingerprint density at radius 1 is 1.17 bits per heavy atom. The Hall–Kier alpha value is -0.900. The van der Waals surface area contributed by atoms with Crippen LogP contribution in [0.3, 0.4) is 0 Å². The van der Waals surface area contributed by atoms with Crippen LogP contribution in [0.15, 0.2) is 24.3 Å². The fourth-order valence-corrected chi connectivity index (χ4v) is 2.85. The summed E-state index contributed by atoms with van der Waals surface area (Å²) in [6, 6.07) is 9.22. The molecule has 98 valence electrons.